The summed E-state index contributed by atoms with van der Waals surface area (Å²) in [6.45, 7) is 9.63. The predicted octanol–water partition coefficient (Wildman–Crippen LogP) is 5.80. The summed E-state index contributed by atoms with van der Waals surface area (Å²) in [5, 5.41) is 12.2. The number of allylic oxidation sites excluding steroid dienone is 1. The number of nitriles is 1. The number of rotatable bonds is 6. The topological polar surface area (TPSA) is 111 Å². The van der Waals surface area contributed by atoms with E-state index in [1.807, 2.05) is 13.0 Å². The van der Waals surface area contributed by atoms with Crippen molar-refractivity contribution in [3.05, 3.63) is 47.9 Å². The number of halogens is 3. The third-order valence-corrected chi connectivity index (χ3v) is 5.89. The Bertz CT molecular complexity index is 1330. The molecule has 1 saturated heterocycles. The van der Waals surface area contributed by atoms with Crippen LogP contribution >= 0.6 is 0 Å². The number of H-pyrrole nitrogens is 1. The zero-order valence-corrected chi connectivity index (χ0v) is 22.6. The van der Waals surface area contributed by atoms with Crippen LogP contribution in [0.2, 0.25) is 0 Å². The van der Waals surface area contributed by atoms with E-state index in [4.69, 9.17) is 5.26 Å². The molecule has 0 aromatic carbocycles. The van der Waals surface area contributed by atoms with Crippen LogP contribution in [0.25, 0.3) is 28.2 Å². The van der Waals surface area contributed by atoms with Crippen molar-refractivity contribution in [2.45, 2.75) is 53.1 Å². The van der Waals surface area contributed by atoms with Crippen LogP contribution in [0.5, 0.6) is 0 Å². The summed E-state index contributed by atoms with van der Waals surface area (Å²) in [5.74, 6) is 0.760. The minimum Gasteiger partial charge on any atom is -0.376 e. The summed E-state index contributed by atoms with van der Waals surface area (Å²) < 4.78 is 39.4. The molecule has 2 N–H and O–H groups in total. The van der Waals surface area contributed by atoms with Crippen molar-refractivity contribution >= 4 is 22.8 Å². The summed E-state index contributed by atoms with van der Waals surface area (Å²) in [6.07, 6.45) is 3.60. The van der Waals surface area contributed by atoms with Crippen LogP contribution < -0.4 is 5.32 Å². The second-order valence-electron chi connectivity index (χ2n) is 9.98. The lowest BCUT2D eigenvalue weighted by Gasteiger charge is -2.29. The number of fused-ring (bicyclic) bond motifs is 1. The average molecular weight is 542 g/mol. The highest BCUT2D eigenvalue weighted by molar-refractivity contribution is 5.89. The summed E-state index contributed by atoms with van der Waals surface area (Å²) in [5.41, 5.74) is 1.69. The van der Waals surface area contributed by atoms with Gasteiger partial charge in [-0.1, -0.05) is 33.8 Å². The Morgan fingerprint density at radius 1 is 1.26 bits per heavy atom. The van der Waals surface area contributed by atoms with Crippen molar-refractivity contribution in [3.8, 4) is 17.5 Å². The molecule has 39 heavy (non-hydrogen) atoms. The highest BCUT2D eigenvalue weighted by atomic mass is 19.4. The average Bonchev–Trinajstić information content (AvgIpc) is 3.33. The van der Waals surface area contributed by atoms with Crippen LogP contribution in [0.4, 0.5) is 13.2 Å². The maximum Gasteiger partial charge on any atom is 0.416 e. The Morgan fingerprint density at radius 3 is 2.56 bits per heavy atom. The second-order valence-corrected chi connectivity index (χ2v) is 9.98. The van der Waals surface area contributed by atoms with E-state index in [2.05, 4.69) is 52.1 Å². The first-order chi connectivity index (χ1) is 18.5. The number of aromatic amines is 1. The van der Waals surface area contributed by atoms with Gasteiger partial charge in [0.15, 0.2) is 5.65 Å². The Labute approximate surface area is 226 Å². The molecule has 1 amide bonds. The van der Waals surface area contributed by atoms with Crippen molar-refractivity contribution in [3.63, 3.8) is 0 Å². The molecule has 3 aromatic rings. The van der Waals surface area contributed by atoms with E-state index in [1.165, 1.54) is 6.20 Å². The molecule has 1 aliphatic heterocycles. The molecule has 3 aromatic heterocycles. The molecule has 0 atom stereocenters. The minimum absolute atomic E-state index is 0.00661. The Balaban J connectivity index is 0.000000983. The van der Waals surface area contributed by atoms with Gasteiger partial charge in [-0.2, -0.15) is 18.4 Å². The molecule has 0 radical (unpaired) electrons. The number of amides is 1. The lowest BCUT2D eigenvalue weighted by Crippen LogP contribution is -2.42. The zero-order valence-electron chi connectivity index (χ0n) is 22.6. The Morgan fingerprint density at radius 2 is 1.95 bits per heavy atom. The monoisotopic (exact) mass is 541 g/mol. The zero-order chi connectivity index (χ0) is 28.6. The van der Waals surface area contributed by atoms with Gasteiger partial charge in [-0.05, 0) is 37.3 Å². The van der Waals surface area contributed by atoms with Crippen LogP contribution in [0.3, 0.4) is 0 Å². The third kappa shape index (κ3) is 8.02. The number of hydrogen-bond donors (Lipinski definition) is 2. The van der Waals surface area contributed by atoms with E-state index in [0.29, 0.717) is 54.8 Å². The van der Waals surface area contributed by atoms with Crippen LogP contribution in [0, 0.1) is 23.2 Å². The fourth-order valence-electron chi connectivity index (χ4n) is 3.99. The standard InChI is InChI=1S/C24H24F3N7O.C4H10/c1-2-3-18(30-14-21(35)34-8-5-15(11-28)6-9-34)17-12-31-23-22(17)33-20(13-32-23)19-10-16(4-7-29-19)24(25,26)27;1-4(2)3/h3-4,7,10,12-13,15,30H,2,5-6,8-9,14H2,1H3,(H,31,32);4H,1-3H3/b18-3+;. The van der Waals surface area contributed by atoms with Gasteiger partial charge < -0.3 is 15.2 Å². The van der Waals surface area contributed by atoms with Gasteiger partial charge >= 0.3 is 6.18 Å². The van der Waals surface area contributed by atoms with Crippen LogP contribution in [-0.2, 0) is 11.0 Å². The Hall–Kier alpha value is -3.94. The molecule has 0 spiro atoms. The van der Waals surface area contributed by atoms with E-state index in [9.17, 15) is 18.0 Å². The lowest BCUT2D eigenvalue weighted by molar-refractivity contribution is -0.137. The molecule has 4 heterocycles. The summed E-state index contributed by atoms with van der Waals surface area (Å²) in [7, 11) is 0. The van der Waals surface area contributed by atoms with E-state index in [0.717, 1.165) is 24.2 Å². The second kappa shape index (κ2) is 13.2. The van der Waals surface area contributed by atoms with Gasteiger partial charge in [-0.3, -0.25) is 9.78 Å². The number of nitrogens with one attached hydrogen (secondary N) is 2. The van der Waals surface area contributed by atoms with Crippen molar-refractivity contribution in [1.82, 2.24) is 30.2 Å². The number of likely N-dealkylation sites (tertiary alicyclic amines) is 1. The molecule has 0 saturated carbocycles. The van der Waals surface area contributed by atoms with Crippen LogP contribution in [0.1, 0.15) is 58.1 Å². The van der Waals surface area contributed by atoms with Crippen LogP contribution in [-0.4, -0.2) is 50.4 Å². The van der Waals surface area contributed by atoms with Gasteiger partial charge in [0.05, 0.1) is 30.1 Å². The number of pyridine rings is 1. The van der Waals surface area contributed by atoms with Crippen molar-refractivity contribution in [2.75, 3.05) is 19.6 Å². The normalized spacial score (nSPS) is 14.6. The molecule has 8 nitrogen and oxygen atoms in total. The maximum atomic E-state index is 13.1. The number of nitrogens with zero attached hydrogens (tertiary/aromatic N) is 5. The highest BCUT2D eigenvalue weighted by Crippen LogP contribution is 2.31. The van der Waals surface area contributed by atoms with Crippen molar-refractivity contribution < 1.29 is 18.0 Å². The molecular formula is C28H34F3N7O. The largest absolute Gasteiger partial charge is 0.416 e. The van der Waals surface area contributed by atoms with Gasteiger partial charge in [0.2, 0.25) is 5.91 Å². The molecule has 0 aliphatic carbocycles. The molecule has 11 heteroatoms. The first-order valence-electron chi connectivity index (χ1n) is 13.0. The van der Waals surface area contributed by atoms with Crippen molar-refractivity contribution in [2.24, 2.45) is 11.8 Å². The molecular weight excluding hydrogens is 507 g/mol. The van der Waals surface area contributed by atoms with Gasteiger partial charge in [0.25, 0.3) is 0 Å². The first kappa shape index (κ1) is 29.6. The van der Waals surface area contributed by atoms with Crippen LogP contribution in [0.15, 0.2) is 36.8 Å². The minimum atomic E-state index is -4.49. The van der Waals surface area contributed by atoms with E-state index in [1.54, 1.807) is 11.1 Å². The summed E-state index contributed by atoms with van der Waals surface area (Å²) >= 11 is 0. The smallest absolute Gasteiger partial charge is 0.376 e. The van der Waals surface area contributed by atoms with E-state index < -0.39 is 11.7 Å². The Kier molecular flexibility index (Phi) is 10.0. The van der Waals surface area contributed by atoms with Gasteiger partial charge in [0.1, 0.15) is 11.2 Å². The van der Waals surface area contributed by atoms with Crippen molar-refractivity contribution in [1.29, 1.82) is 5.26 Å². The highest BCUT2D eigenvalue weighted by Gasteiger charge is 2.31. The number of carbonyl (C=O) groups excluding carboxylic acids is 1. The number of piperidine rings is 1. The quantitative estimate of drug-likeness (QED) is 0.408. The van der Waals surface area contributed by atoms with E-state index in [-0.39, 0.29) is 29.8 Å². The fraction of sp³-hybridized carbons (Fsp3) is 0.464. The van der Waals surface area contributed by atoms with Gasteiger partial charge in [-0.25, -0.2) is 9.97 Å². The maximum absolute atomic E-state index is 13.1. The molecule has 4 rings (SSSR count). The number of hydrogen-bond acceptors (Lipinski definition) is 6. The summed E-state index contributed by atoms with van der Waals surface area (Å²) in [6, 6.07) is 4.10. The molecule has 208 valence electrons. The number of alkyl halides is 3. The molecule has 1 fully saturated rings. The number of aromatic nitrogens is 4. The van der Waals surface area contributed by atoms with Gasteiger partial charge in [-0.15, -0.1) is 0 Å². The SMILES string of the molecule is CC(C)C.CC/C=C(/NCC(=O)N1CCC(C#N)CC1)c1c[nH]c2ncc(-c3cc(C(F)(F)F)ccn3)nc12. The summed E-state index contributed by atoms with van der Waals surface area (Å²) in [4.78, 5) is 30.3. The predicted molar refractivity (Wildman–Crippen MR) is 144 cm³/mol. The number of carbonyl (C=O) groups is 1. The molecule has 0 bridgehead atoms. The lowest BCUT2D eigenvalue weighted by atomic mass is 9.98. The fourth-order valence-corrected chi connectivity index (χ4v) is 3.99. The third-order valence-electron chi connectivity index (χ3n) is 5.89. The first-order valence-corrected chi connectivity index (χ1v) is 13.0. The van der Waals surface area contributed by atoms with E-state index >= 15 is 0 Å². The molecule has 1 aliphatic rings. The molecule has 0 unspecified atom stereocenters. The van der Waals surface area contributed by atoms with Gasteiger partial charge in [0, 0.05) is 42.7 Å².